The Bertz CT molecular complexity index is 607. The molecule has 0 bridgehead atoms. The molecule has 1 atom stereocenters. The standard InChI is InChI=1S/C11H11F9O3S/c1-6-2-4-7(5-3-6)23-24(21,22)11(19,20)9(14,15)8(12,13)10(16,17)18/h4,6H,2-3,5H2,1H3. The fourth-order valence-electron chi connectivity index (χ4n) is 1.73. The SMILES string of the molecule is CC1CC=C(OS(=O)(=O)C(F)(F)C(F)(F)C(F)(F)C(F)(F)F)CC1. The summed E-state index contributed by atoms with van der Waals surface area (Å²) in [6.45, 7) is 1.69. The summed E-state index contributed by atoms with van der Waals surface area (Å²) in [5, 5.41) is -6.82. The minimum Gasteiger partial charge on any atom is -0.383 e. The van der Waals surface area contributed by atoms with Gasteiger partial charge in [-0.1, -0.05) is 6.92 Å². The fourth-order valence-corrected chi connectivity index (χ4v) is 2.71. The van der Waals surface area contributed by atoms with Crippen molar-refractivity contribution in [2.24, 2.45) is 5.92 Å². The predicted octanol–water partition coefficient (Wildman–Crippen LogP) is 4.46. The van der Waals surface area contributed by atoms with E-state index in [1.54, 1.807) is 6.92 Å². The van der Waals surface area contributed by atoms with E-state index >= 15 is 0 Å². The lowest BCUT2D eigenvalue weighted by Crippen LogP contribution is -2.63. The average molecular weight is 394 g/mol. The van der Waals surface area contributed by atoms with Crippen LogP contribution < -0.4 is 0 Å². The van der Waals surface area contributed by atoms with Crippen molar-refractivity contribution in [1.82, 2.24) is 0 Å². The van der Waals surface area contributed by atoms with Crippen LogP contribution in [0.3, 0.4) is 0 Å². The molecule has 1 unspecified atom stereocenters. The molecule has 0 radical (unpaired) electrons. The van der Waals surface area contributed by atoms with Crippen LogP contribution in [-0.4, -0.2) is 31.7 Å². The molecule has 1 aliphatic rings. The normalized spacial score (nSPS) is 21.4. The second-order valence-corrected chi connectivity index (χ2v) is 6.84. The van der Waals surface area contributed by atoms with Crippen LogP contribution in [0.2, 0.25) is 0 Å². The van der Waals surface area contributed by atoms with Gasteiger partial charge in [0.25, 0.3) is 0 Å². The zero-order valence-corrected chi connectivity index (χ0v) is 12.6. The summed E-state index contributed by atoms with van der Waals surface area (Å²) >= 11 is 0. The van der Waals surface area contributed by atoms with Crippen LogP contribution in [0.1, 0.15) is 26.2 Å². The summed E-state index contributed by atoms with van der Waals surface area (Å²) in [4.78, 5) is 0. The van der Waals surface area contributed by atoms with Gasteiger partial charge in [-0.15, -0.1) is 0 Å². The Hall–Kier alpha value is -1.14. The van der Waals surface area contributed by atoms with Crippen LogP contribution in [0.5, 0.6) is 0 Å². The van der Waals surface area contributed by atoms with E-state index in [0.717, 1.165) is 6.08 Å². The summed E-state index contributed by atoms with van der Waals surface area (Å²) < 4.78 is 140. The molecule has 1 rings (SSSR count). The second-order valence-electron chi connectivity index (χ2n) is 5.25. The number of hydrogen-bond donors (Lipinski definition) is 0. The zero-order chi connectivity index (χ0) is 19.2. The molecule has 1 aliphatic carbocycles. The third kappa shape index (κ3) is 3.31. The zero-order valence-electron chi connectivity index (χ0n) is 11.8. The number of halogens is 9. The minimum absolute atomic E-state index is 0.00318. The minimum atomic E-state index is -7.30. The first kappa shape index (κ1) is 20.9. The summed E-state index contributed by atoms with van der Waals surface area (Å²) in [5.74, 6) is -15.3. The number of alkyl halides is 9. The van der Waals surface area contributed by atoms with Crippen LogP contribution >= 0.6 is 0 Å². The van der Waals surface area contributed by atoms with Crippen LogP contribution in [-0.2, 0) is 14.3 Å². The molecule has 0 aromatic carbocycles. The molecule has 0 N–H and O–H groups in total. The lowest BCUT2D eigenvalue weighted by atomic mass is 9.95. The van der Waals surface area contributed by atoms with Gasteiger partial charge in [0.2, 0.25) is 0 Å². The molecule has 0 aliphatic heterocycles. The van der Waals surface area contributed by atoms with Crippen LogP contribution in [0.25, 0.3) is 0 Å². The van der Waals surface area contributed by atoms with Crippen LogP contribution in [0, 0.1) is 5.92 Å². The molecule has 0 aromatic rings. The van der Waals surface area contributed by atoms with Gasteiger partial charge in [-0.3, -0.25) is 0 Å². The predicted molar refractivity (Wildman–Crippen MR) is 62.0 cm³/mol. The molecule has 24 heavy (non-hydrogen) atoms. The highest BCUT2D eigenvalue weighted by Gasteiger charge is 2.86. The maximum absolute atomic E-state index is 13.4. The largest absolute Gasteiger partial charge is 0.460 e. The van der Waals surface area contributed by atoms with Gasteiger partial charge in [0.1, 0.15) is 5.76 Å². The molecule has 0 aromatic heterocycles. The molecule has 0 amide bonds. The van der Waals surface area contributed by atoms with Gasteiger partial charge in [0.05, 0.1) is 0 Å². The van der Waals surface area contributed by atoms with Crippen molar-refractivity contribution in [3.63, 3.8) is 0 Å². The Morgan fingerprint density at radius 3 is 1.88 bits per heavy atom. The Labute approximate surface area is 130 Å². The molecular weight excluding hydrogens is 383 g/mol. The van der Waals surface area contributed by atoms with E-state index in [1.165, 1.54) is 0 Å². The van der Waals surface area contributed by atoms with Crippen molar-refractivity contribution < 1.29 is 52.1 Å². The van der Waals surface area contributed by atoms with Crippen LogP contribution in [0.4, 0.5) is 39.5 Å². The average Bonchev–Trinajstić information content (AvgIpc) is 2.39. The Morgan fingerprint density at radius 1 is 1.00 bits per heavy atom. The smallest absolute Gasteiger partial charge is 0.383 e. The molecule has 0 heterocycles. The second kappa shape index (κ2) is 5.99. The summed E-state index contributed by atoms with van der Waals surface area (Å²) in [6, 6.07) is 0. The number of hydrogen-bond acceptors (Lipinski definition) is 3. The lowest BCUT2D eigenvalue weighted by Gasteiger charge is -2.32. The summed E-state index contributed by atoms with van der Waals surface area (Å²) in [5.41, 5.74) is 0. The number of rotatable bonds is 5. The third-order valence-corrected chi connectivity index (χ3v) is 4.60. The Kier molecular flexibility index (Phi) is 5.21. The maximum Gasteiger partial charge on any atom is 0.460 e. The van der Waals surface area contributed by atoms with Crippen molar-refractivity contribution in [3.05, 3.63) is 11.8 Å². The van der Waals surface area contributed by atoms with Crippen molar-refractivity contribution in [1.29, 1.82) is 0 Å². The maximum atomic E-state index is 13.4. The topological polar surface area (TPSA) is 43.4 Å². The monoisotopic (exact) mass is 394 g/mol. The first-order valence-electron chi connectivity index (χ1n) is 6.30. The van der Waals surface area contributed by atoms with E-state index in [0.29, 0.717) is 0 Å². The van der Waals surface area contributed by atoms with Crippen molar-refractivity contribution in [3.8, 4) is 0 Å². The quantitative estimate of drug-likeness (QED) is 0.511. The van der Waals surface area contributed by atoms with Gasteiger partial charge < -0.3 is 4.18 Å². The first-order valence-corrected chi connectivity index (χ1v) is 7.71. The highest BCUT2D eigenvalue weighted by atomic mass is 32.2. The van der Waals surface area contributed by atoms with E-state index < -0.39 is 39.2 Å². The molecule has 3 nitrogen and oxygen atoms in total. The fraction of sp³-hybridized carbons (Fsp3) is 0.818. The molecular formula is C11H11F9O3S. The van der Waals surface area contributed by atoms with Gasteiger partial charge in [-0.05, 0) is 24.8 Å². The van der Waals surface area contributed by atoms with Gasteiger partial charge in [-0.2, -0.15) is 47.9 Å². The van der Waals surface area contributed by atoms with Gasteiger partial charge in [0, 0.05) is 6.42 Å². The number of allylic oxidation sites excluding steroid dienone is 2. The third-order valence-electron chi connectivity index (χ3n) is 3.28. The van der Waals surface area contributed by atoms with Crippen LogP contribution in [0.15, 0.2) is 11.8 Å². The van der Waals surface area contributed by atoms with Crippen molar-refractivity contribution in [2.75, 3.05) is 0 Å². The molecule has 0 fully saturated rings. The van der Waals surface area contributed by atoms with E-state index in [2.05, 4.69) is 4.18 Å². The van der Waals surface area contributed by atoms with Gasteiger partial charge >= 0.3 is 33.4 Å². The van der Waals surface area contributed by atoms with E-state index in [-0.39, 0.29) is 25.2 Å². The highest BCUT2D eigenvalue weighted by molar-refractivity contribution is 7.88. The lowest BCUT2D eigenvalue weighted by molar-refractivity contribution is -0.382. The van der Waals surface area contributed by atoms with E-state index in [1.807, 2.05) is 0 Å². The molecule has 0 saturated carbocycles. The molecule has 13 heteroatoms. The first-order chi connectivity index (χ1) is 10.5. The van der Waals surface area contributed by atoms with E-state index in [4.69, 9.17) is 0 Å². The van der Waals surface area contributed by atoms with Gasteiger partial charge in [0.15, 0.2) is 0 Å². The van der Waals surface area contributed by atoms with E-state index in [9.17, 15) is 47.9 Å². The Balaban J connectivity index is 3.21. The van der Waals surface area contributed by atoms with Gasteiger partial charge in [-0.25, -0.2) is 0 Å². The summed E-state index contributed by atoms with van der Waals surface area (Å²) in [7, 11) is -6.81. The van der Waals surface area contributed by atoms with Crippen molar-refractivity contribution in [2.45, 2.75) is 49.5 Å². The molecule has 142 valence electrons. The highest BCUT2D eigenvalue weighted by Crippen LogP contribution is 2.55. The molecule has 0 saturated heterocycles. The molecule has 0 spiro atoms. The van der Waals surface area contributed by atoms with Crippen molar-refractivity contribution >= 4 is 10.1 Å². The Morgan fingerprint density at radius 2 is 1.50 bits per heavy atom. The summed E-state index contributed by atoms with van der Waals surface area (Å²) in [6.07, 6.45) is -6.07.